The minimum atomic E-state index is -0.843. The zero-order valence-electron chi connectivity index (χ0n) is 12.5. The van der Waals surface area contributed by atoms with Gasteiger partial charge >= 0.3 is 6.03 Å². The van der Waals surface area contributed by atoms with Gasteiger partial charge in [-0.1, -0.05) is 0 Å². The molecule has 0 spiro atoms. The normalized spacial score (nSPS) is 24.4. The topological polar surface area (TPSA) is 116 Å². The number of hydrogen-bond acceptors (Lipinski definition) is 5. The van der Waals surface area contributed by atoms with Crippen LogP contribution in [0.2, 0.25) is 0 Å². The average molecular weight is 316 g/mol. The lowest BCUT2D eigenvalue weighted by Crippen LogP contribution is -2.35. The number of nitrogens with one attached hydrogen (secondary N) is 3. The van der Waals surface area contributed by atoms with Crippen LogP contribution in [0.5, 0.6) is 0 Å². The second-order valence-corrected chi connectivity index (χ2v) is 5.51. The number of rotatable bonds is 3. The number of furan rings is 1. The molecule has 0 saturated carbocycles. The van der Waals surface area contributed by atoms with Gasteiger partial charge in [0.05, 0.1) is 0 Å². The van der Waals surface area contributed by atoms with Crippen LogP contribution in [-0.4, -0.2) is 34.6 Å². The number of amidine groups is 1. The predicted molar refractivity (Wildman–Crippen MR) is 80.4 cm³/mol. The van der Waals surface area contributed by atoms with Gasteiger partial charge in [0.15, 0.2) is 6.04 Å². The summed E-state index contributed by atoms with van der Waals surface area (Å²) in [7, 11) is 0. The zero-order valence-corrected chi connectivity index (χ0v) is 12.5. The van der Waals surface area contributed by atoms with Gasteiger partial charge in [-0.05, 0) is 37.6 Å². The number of amides is 4. The van der Waals surface area contributed by atoms with Crippen molar-refractivity contribution >= 4 is 29.8 Å². The van der Waals surface area contributed by atoms with Crippen LogP contribution in [0.1, 0.15) is 37.3 Å². The third-order valence-corrected chi connectivity index (χ3v) is 3.86. The minimum absolute atomic E-state index is 0.0178. The number of hydrogen-bond donors (Lipinski definition) is 3. The van der Waals surface area contributed by atoms with E-state index in [0.29, 0.717) is 17.9 Å². The molecule has 2 aliphatic rings. The maximum Gasteiger partial charge on any atom is 0.322 e. The Morgan fingerprint density at radius 2 is 2.17 bits per heavy atom. The number of nitrogens with zero attached hydrogens (tertiary/aromatic N) is 1. The fourth-order valence-corrected chi connectivity index (χ4v) is 2.67. The molecule has 8 nitrogen and oxygen atoms in total. The highest BCUT2D eigenvalue weighted by atomic mass is 16.3. The summed E-state index contributed by atoms with van der Waals surface area (Å²) in [6, 6.07) is 1.83. The Bertz CT molecular complexity index is 721. The van der Waals surface area contributed by atoms with E-state index in [1.54, 1.807) is 18.2 Å². The van der Waals surface area contributed by atoms with Gasteiger partial charge in [0.2, 0.25) is 5.91 Å². The Hall–Kier alpha value is -2.90. The summed E-state index contributed by atoms with van der Waals surface area (Å²) in [4.78, 5) is 35.8. The Kier molecular flexibility index (Phi) is 3.73. The fraction of sp³-hybridized carbons (Fsp3) is 0.333. The molecule has 2 aliphatic heterocycles. The smallest absolute Gasteiger partial charge is 0.322 e. The van der Waals surface area contributed by atoms with Crippen molar-refractivity contribution < 1.29 is 18.8 Å². The van der Waals surface area contributed by atoms with Gasteiger partial charge in [0, 0.05) is 12.5 Å². The molecule has 0 aliphatic carbocycles. The van der Waals surface area contributed by atoms with Crippen LogP contribution < -0.4 is 10.6 Å². The molecule has 2 atom stereocenters. The molecule has 1 aromatic rings. The molecule has 23 heavy (non-hydrogen) atoms. The number of imide groups is 1. The lowest BCUT2D eigenvalue weighted by atomic mass is 10.2. The second kappa shape index (κ2) is 5.71. The summed E-state index contributed by atoms with van der Waals surface area (Å²) < 4.78 is 5.49. The first-order valence-corrected chi connectivity index (χ1v) is 7.25. The first kappa shape index (κ1) is 15.0. The third kappa shape index (κ3) is 2.87. The van der Waals surface area contributed by atoms with Crippen LogP contribution in [0.15, 0.2) is 22.6 Å². The monoisotopic (exact) mass is 316 g/mol. The van der Waals surface area contributed by atoms with Crippen LogP contribution in [0.4, 0.5) is 4.79 Å². The van der Waals surface area contributed by atoms with E-state index in [1.165, 1.54) is 11.0 Å². The molecule has 4 amide bonds. The first-order chi connectivity index (χ1) is 11.0. The van der Waals surface area contributed by atoms with Gasteiger partial charge < -0.3 is 9.73 Å². The highest BCUT2D eigenvalue weighted by Crippen LogP contribution is 2.21. The molecule has 2 unspecified atom stereocenters. The first-order valence-electron chi connectivity index (χ1n) is 7.25. The van der Waals surface area contributed by atoms with Crippen LogP contribution in [0.25, 0.3) is 6.08 Å². The zero-order chi connectivity index (χ0) is 16.6. The van der Waals surface area contributed by atoms with E-state index in [-0.39, 0.29) is 17.8 Å². The highest BCUT2D eigenvalue weighted by molar-refractivity contribution is 6.06. The summed E-state index contributed by atoms with van der Waals surface area (Å²) in [6.45, 7) is 1.90. The lowest BCUT2D eigenvalue weighted by Gasteiger charge is -2.19. The molecule has 3 N–H and O–H groups in total. The second-order valence-electron chi connectivity index (χ2n) is 5.51. The molecule has 120 valence electrons. The Morgan fingerprint density at radius 1 is 1.39 bits per heavy atom. The molecule has 8 heteroatoms. The molecule has 0 bridgehead atoms. The Balaban J connectivity index is 1.69. The van der Waals surface area contributed by atoms with Crippen molar-refractivity contribution in [3.63, 3.8) is 0 Å². The summed E-state index contributed by atoms with van der Waals surface area (Å²) in [5.41, 5.74) is 0. The van der Waals surface area contributed by atoms with Crippen molar-refractivity contribution in [1.29, 1.82) is 5.41 Å². The van der Waals surface area contributed by atoms with Crippen molar-refractivity contribution in [2.24, 2.45) is 0 Å². The van der Waals surface area contributed by atoms with Gasteiger partial charge in [-0.15, -0.1) is 0 Å². The summed E-state index contributed by atoms with van der Waals surface area (Å²) in [6.07, 6.45) is 4.24. The maximum absolute atomic E-state index is 11.7. The molecular weight excluding hydrogens is 300 g/mol. The van der Waals surface area contributed by atoms with Crippen molar-refractivity contribution in [2.75, 3.05) is 0 Å². The number of urea groups is 1. The molecule has 3 heterocycles. The standard InChI is InChI=1S/C15H16N4O4/c1-8-2-7-12(20)19(8)11(16)6-4-9-3-5-10(23-9)13-14(21)18-15(22)17-13/h3-6,8,13,16H,2,7H2,1H3,(H2,17,18,21,22)/b6-4-,16-11?. The molecule has 3 rings (SSSR count). The molecule has 0 aromatic carbocycles. The van der Waals surface area contributed by atoms with Crippen LogP contribution in [0.3, 0.4) is 0 Å². The average Bonchev–Trinajstić information content (AvgIpc) is 3.17. The van der Waals surface area contributed by atoms with Gasteiger partial charge in [0.25, 0.3) is 5.91 Å². The summed E-state index contributed by atoms with van der Waals surface area (Å²) in [5, 5.41) is 12.6. The van der Waals surface area contributed by atoms with E-state index >= 15 is 0 Å². The van der Waals surface area contributed by atoms with Crippen LogP contribution in [-0.2, 0) is 9.59 Å². The molecule has 1 aromatic heterocycles. The van der Waals surface area contributed by atoms with Crippen molar-refractivity contribution in [1.82, 2.24) is 15.5 Å². The quantitative estimate of drug-likeness (QED) is 0.441. The maximum atomic E-state index is 11.7. The van der Waals surface area contributed by atoms with E-state index in [4.69, 9.17) is 9.83 Å². The van der Waals surface area contributed by atoms with Gasteiger partial charge in [-0.25, -0.2) is 4.79 Å². The largest absolute Gasteiger partial charge is 0.459 e. The van der Waals surface area contributed by atoms with E-state index < -0.39 is 18.0 Å². The van der Waals surface area contributed by atoms with E-state index in [9.17, 15) is 14.4 Å². The van der Waals surface area contributed by atoms with E-state index in [0.717, 1.165) is 6.42 Å². The van der Waals surface area contributed by atoms with E-state index in [1.807, 2.05) is 6.92 Å². The van der Waals surface area contributed by atoms with Crippen molar-refractivity contribution in [3.05, 3.63) is 29.7 Å². The molecule has 2 fully saturated rings. The van der Waals surface area contributed by atoms with E-state index in [2.05, 4.69) is 10.6 Å². The van der Waals surface area contributed by atoms with Crippen LogP contribution in [0, 0.1) is 5.41 Å². The van der Waals surface area contributed by atoms with Gasteiger partial charge in [-0.2, -0.15) is 0 Å². The molecular formula is C15H16N4O4. The SMILES string of the molecule is CC1CCC(=O)N1C(=N)/C=C\c1ccc(C2NC(=O)NC2=O)o1. The third-order valence-electron chi connectivity index (χ3n) is 3.86. The van der Waals surface area contributed by atoms with Crippen molar-refractivity contribution in [3.8, 4) is 0 Å². The highest BCUT2D eigenvalue weighted by Gasteiger charge is 2.33. The Labute approximate surface area is 132 Å². The summed E-state index contributed by atoms with van der Waals surface area (Å²) >= 11 is 0. The minimum Gasteiger partial charge on any atom is -0.459 e. The summed E-state index contributed by atoms with van der Waals surface area (Å²) in [5.74, 6) is 0.315. The number of likely N-dealkylation sites (tertiary alicyclic amines) is 1. The number of carbonyl (C=O) groups is 3. The molecule has 2 saturated heterocycles. The van der Waals surface area contributed by atoms with Crippen LogP contribution >= 0.6 is 0 Å². The lowest BCUT2D eigenvalue weighted by molar-refractivity contribution is -0.125. The fourth-order valence-electron chi connectivity index (χ4n) is 2.67. The van der Waals surface area contributed by atoms with Gasteiger partial charge in [0.1, 0.15) is 17.4 Å². The van der Waals surface area contributed by atoms with Crippen molar-refractivity contribution in [2.45, 2.75) is 31.8 Å². The van der Waals surface area contributed by atoms with Gasteiger partial charge in [-0.3, -0.25) is 25.2 Å². The predicted octanol–water partition coefficient (Wildman–Crippen LogP) is 1.16. The molecule has 0 radical (unpaired) electrons. The number of carbonyl (C=O) groups excluding carboxylic acids is 3. The Morgan fingerprint density at radius 3 is 2.78 bits per heavy atom.